The van der Waals surface area contributed by atoms with E-state index in [0.717, 1.165) is 34.2 Å². The van der Waals surface area contributed by atoms with Gasteiger partial charge in [-0.25, -0.2) is 0 Å². The van der Waals surface area contributed by atoms with Gasteiger partial charge in [0.2, 0.25) is 12.7 Å². The van der Waals surface area contributed by atoms with Crippen LogP contribution in [0.5, 0.6) is 17.2 Å². The number of ether oxygens (including phenoxy) is 3. The molecule has 3 aromatic rings. The molecule has 0 N–H and O–H groups in total. The average molecular weight is 441 g/mol. The van der Waals surface area contributed by atoms with Crippen LogP contribution in [0.2, 0.25) is 0 Å². The predicted octanol–water partition coefficient (Wildman–Crippen LogP) is 3.36. The highest BCUT2D eigenvalue weighted by atomic mass is 32.2. The number of methoxy groups -OCH3 is 1. The van der Waals surface area contributed by atoms with Gasteiger partial charge in [-0.2, -0.15) is 0 Å². The molecule has 0 spiro atoms. The van der Waals surface area contributed by atoms with Crippen molar-refractivity contribution in [1.82, 2.24) is 19.7 Å². The van der Waals surface area contributed by atoms with Crippen molar-refractivity contribution < 1.29 is 19.0 Å². The number of hydrogen-bond donors (Lipinski definition) is 0. The van der Waals surface area contributed by atoms with Crippen LogP contribution in [0.3, 0.4) is 0 Å². The molecule has 0 saturated carbocycles. The SMILES string of the molecule is CCN(Cc1ccc2c(c1)OCO2)C(=O)CSc1nnc(-c2cccc(OC)c2)n1C. The van der Waals surface area contributed by atoms with Gasteiger partial charge < -0.3 is 23.7 Å². The number of nitrogens with zero attached hydrogens (tertiary/aromatic N) is 4. The smallest absolute Gasteiger partial charge is 0.233 e. The highest BCUT2D eigenvalue weighted by molar-refractivity contribution is 7.99. The summed E-state index contributed by atoms with van der Waals surface area (Å²) < 4.78 is 18.0. The van der Waals surface area contributed by atoms with Gasteiger partial charge >= 0.3 is 0 Å². The van der Waals surface area contributed by atoms with E-state index in [4.69, 9.17) is 14.2 Å². The highest BCUT2D eigenvalue weighted by Crippen LogP contribution is 2.33. The van der Waals surface area contributed by atoms with E-state index >= 15 is 0 Å². The molecule has 2 aromatic carbocycles. The normalized spacial score (nSPS) is 12.1. The van der Waals surface area contributed by atoms with Crippen molar-refractivity contribution in [2.24, 2.45) is 7.05 Å². The number of hydrogen-bond acceptors (Lipinski definition) is 7. The standard InChI is InChI=1S/C22H24N4O4S/c1-4-26(12-15-8-9-18-19(10-15)30-14-29-18)20(27)13-31-22-24-23-21(25(22)2)16-6-5-7-17(11-16)28-3/h5-11H,4,12-14H2,1-3H3. The Balaban J connectivity index is 1.40. The molecule has 9 heteroatoms. The lowest BCUT2D eigenvalue weighted by Gasteiger charge is -2.21. The minimum Gasteiger partial charge on any atom is -0.497 e. The Hall–Kier alpha value is -3.20. The summed E-state index contributed by atoms with van der Waals surface area (Å²) in [6.45, 7) is 3.34. The maximum Gasteiger partial charge on any atom is 0.233 e. The molecule has 2 heterocycles. The van der Waals surface area contributed by atoms with Crippen molar-refractivity contribution in [3.63, 3.8) is 0 Å². The lowest BCUT2D eigenvalue weighted by atomic mass is 10.2. The summed E-state index contributed by atoms with van der Waals surface area (Å²) in [7, 11) is 3.53. The monoisotopic (exact) mass is 440 g/mol. The molecule has 1 aliphatic heterocycles. The van der Waals surface area contributed by atoms with Gasteiger partial charge in [0.15, 0.2) is 22.5 Å². The first-order valence-electron chi connectivity index (χ1n) is 9.92. The zero-order valence-electron chi connectivity index (χ0n) is 17.7. The highest BCUT2D eigenvalue weighted by Gasteiger charge is 2.18. The van der Waals surface area contributed by atoms with E-state index in [1.54, 1.807) is 7.11 Å². The van der Waals surface area contributed by atoms with E-state index in [-0.39, 0.29) is 18.5 Å². The zero-order chi connectivity index (χ0) is 21.8. The van der Waals surface area contributed by atoms with E-state index in [0.29, 0.717) is 18.2 Å². The van der Waals surface area contributed by atoms with Crippen LogP contribution in [0.15, 0.2) is 47.6 Å². The lowest BCUT2D eigenvalue weighted by Crippen LogP contribution is -2.31. The Morgan fingerprint density at radius 1 is 1.19 bits per heavy atom. The summed E-state index contributed by atoms with van der Waals surface area (Å²) >= 11 is 1.38. The number of aromatic nitrogens is 3. The Labute approximate surface area is 185 Å². The number of benzene rings is 2. The first-order chi connectivity index (χ1) is 15.1. The van der Waals surface area contributed by atoms with Crippen molar-refractivity contribution in [3.8, 4) is 28.6 Å². The van der Waals surface area contributed by atoms with E-state index in [1.165, 1.54) is 11.8 Å². The first-order valence-corrected chi connectivity index (χ1v) is 10.9. The molecule has 1 aromatic heterocycles. The van der Waals surface area contributed by atoms with E-state index in [9.17, 15) is 4.79 Å². The van der Waals surface area contributed by atoms with Crippen LogP contribution in [0.25, 0.3) is 11.4 Å². The summed E-state index contributed by atoms with van der Waals surface area (Å²) in [5, 5.41) is 9.24. The molecule has 0 aliphatic carbocycles. The summed E-state index contributed by atoms with van der Waals surface area (Å²) in [6, 6.07) is 13.4. The van der Waals surface area contributed by atoms with E-state index in [2.05, 4.69) is 10.2 Å². The van der Waals surface area contributed by atoms with Gasteiger partial charge in [-0.1, -0.05) is 30.0 Å². The summed E-state index contributed by atoms with van der Waals surface area (Å²) in [4.78, 5) is 14.6. The Morgan fingerprint density at radius 3 is 2.84 bits per heavy atom. The molecule has 4 rings (SSSR count). The van der Waals surface area contributed by atoms with Gasteiger partial charge in [0.25, 0.3) is 0 Å². The molecule has 162 valence electrons. The van der Waals surface area contributed by atoms with Crippen LogP contribution in [-0.2, 0) is 18.4 Å². The van der Waals surface area contributed by atoms with E-state index in [1.807, 2.05) is 65.9 Å². The molecule has 0 atom stereocenters. The van der Waals surface area contributed by atoms with Crippen LogP contribution in [0.1, 0.15) is 12.5 Å². The average Bonchev–Trinajstić information content (AvgIpc) is 3.41. The van der Waals surface area contributed by atoms with Crippen LogP contribution < -0.4 is 14.2 Å². The summed E-state index contributed by atoms with van der Waals surface area (Å²) in [5.74, 6) is 3.26. The zero-order valence-corrected chi connectivity index (χ0v) is 18.5. The quantitative estimate of drug-likeness (QED) is 0.497. The van der Waals surface area contributed by atoms with Gasteiger partial charge in [-0.3, -0.25) is 4.79 Å². The third kappa shape index (κ3) is 4.61. The predicted molar refractivity (Wildman–Crippen MR) is 117 cm³/mol. The number of carbonyl (C=O) groups excluding carboxylic acids is 1. The number of carbonyl (C=O) groups is 1. The third-order valence-electron chi connectivity index (χ3n) is 5.03. The number of fused-ring (bicyclic) bond motifs is 1. The molecule has 0 radical (unpaired) electrons. The van der Waals surface area contributed by atoms with Gasteiger partial charge in [-0.15, -0.1) is 10.2 Å². The minimum atomic E-state index is 0.0381. The summed E-state index contributed by atoms with van der Waals surface area (Å²) in [6.07, 6.45) is 0. The second kappa shape index (κ2) is 9.30. The van der Waals surface area contributed by atoms with Crippen LogP contribution in [0, 0.1) is 0 Å². The number of amides is 1. The minimum absolute atomic E-state index is 0.0381. The largest absolute Gasteiger partial charge is 0.497 e. The van der Waals surface area contributed by atoms with Gasteiger partial charge in [-0.05, 0) is 36.8 Å². The van der Waals surface area contributed by atoms with Crippen LogP contribution in [0.4, 0.5) is 0 Å². The fraction of sp³-hybridized carbons (Fsp3) is 0.318. The fourth-order valence-corrected chi connectivity index (χ4v) is 4.12. The van der Waals surface area contributed by atoms with Crippen molar-refractivity contribution in [3.05, 3.63) is 48.0 Å². The molecule has 1 aliphatic rings. The third-order valence-corrected chi connectivity index (χ3v) is 6.04. The number of thioether (sulfide) groups is 1. The fourth-order valence-electron chi connectivity index (χ4n) is 3.31. The van der Waals surface area contributed by atoms with Gasteiger partial charge in [0.1, 0.15) is 5.75 Å². The topological polar surface area (TPSA) is 78.7 Å². The Kier molecular flexibility index (Phi) is 6.31. The molecule has 31 heavy (non-hydrogen) atoms. The first kappa shape index (κ1) is 21.0. The number of rotatable bonds is 8. The van der Waals surface area contributed by atoms with Gasteiger partial charge in [0.05, 0.1) is 12.9 Å². The van der Waals surface area contributed by atoms with Crippen molar-refractivity contribution in [2.45, 2.75) is 18.6 Å². The molecule has 8 nitrogen and oxygen atoms in total. The molecule has 0 fully saturated rings. The molecule has 0 unspecified atom stereocenters. The lowest BCUT2D eigenvalue weighted by molar-refractivity contribution is -0.128. The van der Waals surface area contributed by atoms with Crippen LogP contribution >= 0.6 is 11.8 Å². The van der Waals surface area contributed by atoms with Crippen molar-refractivity contribution in [2.75, 3.05) is 26.2 Å². The second-order valence-corrected chi connectivity index (χ2v) is 7.92. The Bertz CT molecular complexity index is 1090. The second-order valence-electron chi connectivity index (χ2n) is 6.98. The Morgan fingerprint density at radius 2 is 2.03 bits per heavy atom. The maximum absolute atomic E-state index is 12.8. The van der Waals surface area contributed by atoms with Crippen molar-refractivity contribution in [1.29, 1.82) is 0 Å². The molecule has 1 amide bonds. The molecular weight excluding hydrogens is 416 g/mol. The summed E-state index contributed by atoms with van der Waals surface area (Å²) in [5.41, 5.74) is 1.91. The van der Waals surface area contributed by atoms with Gasteiger partial charge in [0, 0.05) is 25.7 Å². The molecule has 0 bridgehead atoms. The molecule has 0 saturated heterocycles. The van der Waals surface area contributed by atoms with Crippen LogP contribution in [-0.4, -0.2) is 51.8 Å². The maximum atomic E-state index is 12.8. The molecular formula is C22H24N4O4S. The van der Waals surface area contributed by atoms with Crippen molar-refractivity contribution >= 4 is 17.7 Å². The van der Waals surface area contributed by atoms with E-state index < -0.39 is 0 Å².